The van der Waals surface area contributed by atoms with E-state index in [-0.39, 0.29) is 30.5 Å². The Hall–Kier alpha value is -3.86. The van der Waals surface area contributed by atoms with Crippen molar-refractivity contribution in [1.82, 2.24) is 4.98 Å². The molecule has 10 nitrogen and oxygen atoms in total. The Morgan fingerprint density at radius 2 is 1.91 bits per heavy atom. The number of ether oxygens (including phenoxy) is 5. The summed E-state index contributed by atoms with van der Waals surface area (Å²) in [6, 6.07) is 14.4. The maximum atomic E-state index is 13.1. The number of anilines is 2. The number of carbonyl (C=O) groups excluding carboxylic acids is 2. The van der Waals surface area contributed by atoms with Gasteiger partial charge in [0.25, 0.3) is 5.79 Å². The number of hydrogen-bond acceptors (Lipinski definition) is 9. The summed E-state index contributed by atoms with van der Waals surface area (Å²) in [6.07, 6.45) is 4.18. The van der Waals surface area contributed by atoms with Gasteiger partial charge in [0.05, 0.1) is 54.3 Å². The highest BCUT2D eigenvalue weighted by Crippen LogP contribution is 2.49. The fourth-order valence-electron chi connectivity index (χ4n) is 5.55. The smallest absolute Gasteiger partial charge is 0.337 e. The maximum Gasteiger partial charge on any atom is 0.337 e. The fraction of sp³-hybridized carbons (Fsp3) is 0.406. The zero-order chi connectivity index (χ0) is 30.0. The molecule has 1 aromatic heterocycles. The first kappa shape index (κ1) is 29.2. The van der Waals surface area contributed by atoms with Gasteiger partial charge in [-0.3, -0.25) is 9.78 Å². The van der Waals surface area contributed by atoms with Crippen molar-refractivity contribution < 1.29 is 33.3 Å². The summed E-state index contributed by atoms with van der Waals surface area (Å²) in [6.45, 7) is 3.61. The van der Waals surface area contributed by atoms with Crippen molar-refractivity contribution in [1.29, 1.82) is 0 Å². The van der Waals surface area contributed by atoms with E-state index >= 15 is 0 Å². The molecule has 0 spiro atoms. The average Bonchev–Trinajstić information content (AvgIpc) is 3.35. The Morgan fingerprint density at radius 1 is 1.05 bits per heavy atom. The van der Waals surface area contributed by atoms with E-state index in [0.29, 0.717) is 58.7 Å². The van der Waals surface area contributed by atoms with E-state index in [1.165, 1.54) is 7.11 Å². The van der Waals surface area contributed by atoms with E-state index in [1.807, 2.05) is 25.1 Å². The topological polar surface area (TPSA) is 117 Å². The lowest BCUT2D eigenvalue weighted by Crippen LogP contribution is -2.34. The fourth-order valence-corrected chi connectivity index (χ4v) is 5.66. The van der Waals surface area contributed by atoms with Gasteiger partial charge in [0, 0.05) is 37.8 Å². The van der Waals surface area contributed by atoms with Crippen LogP contribution in [0, 0.1) is 0 Å². The maximum absolute atomic E-state index is 13.1. The molecular formula is C32H34ClN3O7. The molecule has 4 heterocycles. The van der Waals surface area contributed by atoms with Crippen molar-refractivity contribution in [3.05, 3.63) is 76.6 Å². The lowest BCUT2D eigenvalue weighted by atomic mass is 9.90. The number of esters is 1. The summed E-state index contributed by atoms with van der Waals surface area (Å²) in [5, 5.41) is 6.82. The number of aromatic nitrogens is 1. The number of pyridine rings is 1. The molecule has 0 unspecified atom stereocenters. The molecule has 6 rings (SSSR count). The minimum absolute atomic E-state index is 0.0915. The summed E-state index contributed by atoms with van der Waals surface area (Å²) in [5.74, 6) is -0.237. The predicted molar refractivity (Wildman–Crippen MR) is 160 cm³/mol. The van der Waals surface area contributed by atoms with Crippen LogP contribution in [-0.2, 0) is 24.8 Å². The first-order chi connectivity index (χ1) is 20.8. The minimum Gasteiger partial charge on any atom is -0.465 e. The number of para-hydroxylation sites is 1. The number of nitrogens with zero attached hydrogens (tertiary/aromatic N) is 1. The van der Waals surface area contributed by atoms with Crippen LogP contribution in [0.3, 0.4) is 0 Å². The number of amides is 1. The van der Waals surface area contributed by atoms with Crippen LogP contribution < -0.4 is 20.1 Å². The van der Waals surface area contributed by atoms with Crippen LogP contribution in [0.4, 0.5) is 11.4 Å². The van der Waals surface area contributed by atoms with Gasteiger partial charge in [-0.1, -0.05) is 23.7 Å². The van der Waals surface area contributed by atoms with Gasteiger partial charge in [0.1, 0.15) is 5.69 Å². The van der Waals surface area contributed by atoms with Gasteiger partial charge in [0.15, 0.2) is 11.5 Å². The monoisotopic (exact) mass is 607 g/mol. The van der Waals surface area contributed by atoms with Crippen LogP contribution in [0.5, 0.6) is 11.5 Å². The lowest BCUT2D eigenvalue weighted by Gasteiger charge is -2.30. The molecule has 3 aliphatic rings. The van der Waals surface area contributed by atoms with Crippen molar-refractivity contribution in [2.45, 2.75) is 56.5 Å². The number of carbonyl (C=O) groups is 2. The zero-order valence-corrected chi connectivity index (χ0v) is 24.8. The largest absolute Gasteiger partial charge is 0.465 e. The molecule has 11 heteroatoms. The Labute approximate surface area is 255 Å². The van der Waals surface area contributed by atoms with E-state index < -0.39 is 11.8 Å². The van der Waals surface area contributed by atoms with Crippen LogP contribution in [0.25, 0.3) is 0 Å². The summed E-state index contributed by atoms with van der Waals surface area (Å²) < 4.78 is 29.1. The lowest BCUT2D eigenvalue weighted by molar-refractivity contribution is -0.120. The van der Waals surface area contributed by atoms with Crippen molar-refractivity contribution in [3.63, 3.8) is 0 Å². The minimum atomic E-state index is -1.06. The highest BCUT2D eigenvalue weighted by molar-refractivity contribution is 6.30. The quantitative estimate of drug-likeness (QED) is 0.297. The highest BCUT2D eigenvalue weighted by atomic mass is 35.5. The molecular weight excluding hydrogens is 574 g/mol. The van der Waals surface area contributed by atoms with Gasteiger partial charge in [0.2, 0.25) is 5.91 Å². The summed E-state index contributed by atoms with van der Waals surface area (Å²) >= 11 is 6.02. The normalized spacial score (nSPS) is 24.1. The molecule has 226 valence electrons. The van der Waals surface area contributed by atoms with Crippen molar-refractivity contribution >= 4 is 34.9 Å². The van der Waals surface area contributed by atoms with Crippen LogP contribution in [-0.4, -0.2) is 55.9 Å². The number of fused-ring (bicyclic) bond motifs is 1. The molecule has 0 saturated carbocycles. The molecule has 1 amide bonds. The summed E-state index contributed by atoms with van der Waals surface area (Å²) in [7, 11) is 1.34. The molecule has 2 aromatic carbocycles. The molecule has 2 N–H and O–H groups in total. The third-order valence-electron chi connectivity index (χ3n) is 8.05. The highest BCUT2D eigenvalue weighted by Gasteiger charge is 2.42. The molecule has 2 saturated heterocycles. The second kappa shape index (κ2) is 12.4. The van der Waals surface area contributed by atoms with Gasteiger partial charge < -0.3 is 34.3 Å². The Kier molecular flexibility index (Phi) is 8.43. The summed E-state index contributed by atoms with van der Waals surface area (Å²) in [4.78, 5) is 29.5. The summed E-state index contributed by atoms with van der Waals surface area (Å²) in [5.41, 5.74) is 3.25. The first-order valence-electron chi connectivity index (χ1n) is 14.4. The molecule has 2 fully saturated rings. The molecule has 0 bridgehead atoms. The van der Waals surface area contributed by atoms with Crippen LogP contribution in [0.2, 0.25) is 5.02 Å². The van der Waals surface area contributed by atoms with Crippen molar-refractivity contribution in [2.24, 2.45) is 0 Å². The molecule has 3 aliphatic heterocycles. The number of halogens is 1. The third kappa shape index (κ3) is 6.41. The molecule has 0 radical (unpaired) electrons. The Morgan fingerprint density at radius 3 is 2.60 bits per heavy atom. The second-order valence-electron chi connectivity index (χ2n) is 11.1. The van der Waals surface area contributed by atoms with Crippen LogP contribution in [0.1, 0.15) is 60.1 Å². The molecule has 43 heavy (non-hydrogen) atoms. The SMILES string of the molecule is COC(=O)c1ccc(NC(=O)C[C@@H]2CC[C@H](c3cccc4c3O[C@](C)(c3ccc(Cl)cn3)O4)CO2)c(NC[C@@H]2CCO2)c1. The predicted octanol–water partition coefficient (Wildman–Crippen LogP) is 5.66. The van der Waals surface area contributed by atoms with E-state index in [0.717, 1.165) is 25.0 Å². The average molecular weight is 608 g/mol. The molecule has 4 atom stereocenters. The van der Waals surface area contributed by atoms with Gasteiger partial charge in [-0.15, -0.1) is 0 Å². The van der Waals surface area contributed by atoms with Gasteiger partial charge in [-0.05, 0) is 55.7 Å². The number of rotatable bonds is 9. The zero-order valence-electron chi connectivity index (χ0n) is 24.1. The Balaban J connectivity index is 1.06. The third-order valence-corrected chi connectivity index (χ3v) is 8.28. The van der Waals surface area contributed by atoms with E-state index in [2.05, 4.69) is 15.6 Å². The standard InChI is InChI=1S/C32H34ClN3O7/c1-32(28-11-8-21(33)16-35-28)42-27-5-3-4-24(30(27)43-32)20-6-9-22(41-18-20)15-29(37)36-25-10-7-19(31(38)39-2)14-26(25)34-17-23-12-13-40-23/h3-5,7-8,10-11,14,16,20,22-23,34H,6,9,12-13,15,17-18H2,1-2H3,(H,36,37)/t20-,22-,23-,32+/m0/s1. The van der Waals surface area contributed by atoms with Crippen LogP contribution in [0.15, 0.2) is 54.7 Å². The Bertz CT molecular complexity index is 1490. The number of hydrogen-bond donors (Lipinski definition) is 2. The van der Waals surface area contributed by atoms with Gasteiger partial charge in [-0.2, -0.15) is 0 Å². The number of methoxy groups -OCH3 is 1. The number of nitrogens with one attached hydrogen (secondary N) is 2. The molecule has 3 aromatic rings. The van der Waals surface area contributed by atoms with E-state index in [4.69, 9.17) is 35.3 Å². The number of benzene rings is 2. The van der Waals surface area contributed by atoms with Crippen LogP contribution >= 0.6 is 11.6 Å². The van der Waals surface area contributed by atoms with Gasteiger partial charge >= 0.3 is 5.97 Å². The van der Waals surface area contributed by atoms with Crippen molar-refractivity contribution in [2.75, 3.05) is 37.5 Å². The first-order valence-corrected chi connectivity index (χ1v) is 14.8. The van der Waals surface area contributed by atoms with E-state index in [1.54, 1.807) is 36.5 Å². The van der Waals surface area contributed by atoms with Crippen molar-refractivity contribution in [3.8, 4) is 11.5 Å². The molecule has 0 aliphatic carbocycles. The second-order valence-corrected chi connectivity index (χ2v) is 11.5. The van der Waals surface area contributed by atoms with Gasteiger partial charge in [-0.25, -0.2) is 4.79 Å². The van der Waals surface area contributed by atoms with E-state index in [9.17, 15) is 9.59 Å².